The first-order valence-electron chi connectivity index (χ1n) is 11.7. The summed E-state index contributed by atoms with van der Waals surface area (Å²) in [5.41, 5.74) is 1.74. The molecule has 10 heteroatoms. The average molecular weight is 499 g/mol. The molecule has 0 saturated carbocycles. The first-order valence-corrected chi connectivity index (χ1v) is 13.1. The Kier molecular flexibility index (Phi) is 7.84. The first kappa shape index (κ1) is 24.9. The van der Waals surface area contributed by atoms with Crippen LogP contribution in [0.3, 0.4) is 0 Å². The number of unbranched alkanes of at least 4 members (excludes halogenated alkanes) is 1. The summed E-state index contributed by atoms with van der Waals surface area (Å²) in [5.74, 6) is 0.659. The second-order valence-corrected chi connectivity index (χ2v) is 10.2. The van der Waals surface area contributed by atoms with E-state index in [0.29, 0.717) is 61.3 Å². The number of aryl methyl sites for hydroxylation is 1. The molecule has 0 bridgehead atoms. The quantitative estimate of drug-likeness (QED) is 0.359. The Hall–Kier alpha value is -3.21. The zero-order valence-corrected chi connectivity index (χ0v) is 20.8. The summed E-state index contributed by atoms with van der Waals surface area (Å²) in [6, 6.07) is 13.8. The number of aromatic amines is 1. The molecule has 1 saturated heterocycles. The van der Waals surface area contributed by atoms with Crippen LogP contribution in [0.15, 0.2) is 63.2 Å². The predicted molar refractivity (Wildman–Crippen MR) is 135 cm³/mol. The van der Waals surface area contributed by atoms with Gasteiger partial charge in [0, 0.05) is 25.0 Å². The molecule has 9 nitrogen and oxygen atoms in total. The standard InChI is InChI=1S/C25H30N4O5S/c1-3-4-14-34-24-11-6-5-10-23(24)26-18-22-19(2)27-29(25(22)30)20-8-7-9-21(17-20)35(31,32)28-12-15-33-16-13-28/h5-11,17-18,27H,3-4,12-16H2,1-2H3. The molecule has 35 heavy (non-hydrogen) atoms. The zero-order chi connectivity index (χ0) is 24.8. The molecule has 2 heterocycles. The minimum atomic E-state index is -3.69. The number of nitrogens with one attached hydrogen (secondary N) is 1. The lowest BCUT2D eigenvalue weighted by Gasteiger charge is -2.26. The van der Waals surface area contributed by atoms with Crippen LogP contribution in [-0.4, -0.2) is 61.6 Å². The Labute approximate surface area is 205 Å². The minimum absolute atomic E-state index is 0.129. The highest BCUT2D eigenvalue weighted by Crippen LogP contribution is 2.27. The number of aliphatic imine (C=N–C) groups is 1. The molecule has 2 aromatic carbocycles. The van der Waals surface area contributed by atoms with E-state index in [1.54, 1.807) is 19.1 Å². The van der Waals surface area contributed by atoms with Crippen LogP contribution in [0.5, 0.6) is 5.75 Å². The SMILES string of the molecule is CCCCOc1ccccc1N=Cc1c(C)[nH]n(-c2cccc(S(=O)(=O)N3CCOCC3)c2)c1=O. The number of hydrogen-bond donors (Lipinski definition) is 1. The van der Waals surface area contributed by atoms with Crippen molar-refractivity contribution in [3.05, 3.63) is 70.1 Å². The third-order valence-corrected chi connectivity index (χ3v) is 7.65. The molecule has 0 amide bonds. The maximum Gasteiger partial charge on any atom is 0.280 e. The van der Waals surface area contributed by atoms with Gasteiger partial charge in [0.05, 0.1) is 36.0 Å². The largest absolute Gasteiger partial charge is 0.491 e. The predicted octanol–water partition coefficient (Wildman–Crippen LogP) is 3.42. The second kappa shape index (κ2) is 11.0. The van der Waals surface area contributed by atoms with E-state index < -0.39 is 10.0 Å². The Bertz CT molecular complexity index is 1350. The molecule has 0 radical (unpaired) electrons. The number of H-pyrrole nitrogens is 1. The Morgan fingerprint density at radius 2 is 1.91 bits per heavy atom. The van der Waals surface area contributed by atoms with Crippen LogP contribution in [0.1, 0.15) is 31.0 Å². The summed E-state index contributed by atoms with van der Waals surface area (Å²) in [5, 5.41) is 3.03. The molecule has 1 fully saturated rings. The molecule has 1 aromatic heterocycles. The van der Waals surface area contributed by atoms with Crippen molar-refractivity contribution in [2.45, 2.75) is 31.6 Å². The van der Waals surface area contributed by atoms with E-state index in [1.165, 1.54) is 27.3 Å². The number of ether oxygens (including phenoxy) is 2. The van der Waals surface area contributed by atoms with E-state index in [1.807, 2.05) is 24.3 Å². The molecule has 3 aromatic rings. The molecular weight excluding hydrogens is 468 g/mol. The normalized spacial score (nSPS) is 15.0. The number of morpholine rings is 1. The number of sulfonamides is 1. The fourth-order valence-corrected chi connectivity index (χ4v) is 5.21. The van der Waals surface area contributed by atoms with Crippen LogP contribution in [0.25, 0.3) is 5.69 Å². The van der Waals surface area contributed by atoms with E-state index in [4.69, 9.17) is 9.47 Å². The van der Waals surface area contributed by atoms with Crippen molar-refractivity contribution < 1.29 is 17.9 Å². The third-order valence-electron chi connectivity index (χ3n) is 5.75. The van der Waals surface area contributed by atoms with Crippen LogP contribution in [0.4, 0.5) is 5.69 Å². The lowest BCUT2D eigenvalue weighted by atomic mass is 10.2. The van der Waals surface area contributed by atoms with Crippen molar-refractivity contribution in [1.29, 1.82) is 0 Å². The van der Waals surface area contributed by atoms with E-state index >= 15 is 0 Å². The second-order valence-electron chi connectivity index (χ2n) is 8.23. The highest BCUT2D eigenvalue weighted by atomic mass is 32.2. The van der Waals surface area contributed by atoms with Crippen LogP contribution in [-0.2, 0) is 14.8 Å². The summed E-state index contributed by atoms with van der Waals surface area (Å²) in [7, 11) is -3.69. The van der Waals surface area contributed by atoms with E-state index in [2.05, 4.69) is 17.0 Å². The van der Waals surface area contributed by atoms with Crippen LogP contribution < -0.4 is 10.3 Å². The fraction of sp³-hybridized carbons (Fsp3) is 0.360. The molecule has 0 atom stereocenters. The molecule has 1 aliphatic heterocycles. The molecular formula is C25H30N4O5S. The number of benzene rings is 2. The van der Waals surface area contributed by atoms with Gasteiger partial charge in [0.1, 0.15) is 11.4 Å². The Morgan fingerprint density at radius 3 is 2.69 bits per heavy atom. The maximum atomic E-state index is 13.2. The number of hydrogen-bond acceptors (Lipinski definition) is 6. The smallest absolute Gasteiger partial charge is 0.280 e. The average Bonchev–Trinajstić information content (AvgIpc) is 3.17. The summed E-state index contributed by atoms with van der Waals surface area (Å²) in [6.07, 6.45) is 3.49. The maximum absolute atomic E-state index is 13.2. The molecule has 0 aliphatic carbocycles. The van der Waals surface area contributed by atoms with Crippen molar-refractivity contribution in [1.82, 2.24) is 14.1 Å². The van der Waals surface area contributed by atoms with Gasteiger partial charge in [-0.3, -0.25) is 14.9 Å². The Balaban J connectivity index is 1.62. The van der Waals surface area contributed by atoms with Crippen molar-refractivity contribution in [3.63, 3.8) is 0 Å². The lowest BCUT2D eigenvalue weighted by Crippen LogP contribution is -2.40. The van der Waals surface area contributed by atoms with Crippen molar-refractivity contribution >= 4 is 21.9 Å². The van der Waals surface area contributed by atoms with Gasteiger partial charge < -0.3 is 9.47 Å². The fourth-order valence-electron chi connectivity index (χ4n) is 3.76. The van der Waals surface area contributed by atoms with Crippen molar-refractivity contribution in [3.8, 4) is 11.4 Å². The molecule has 186 valence electrons. The van der Waals surface area contributed by atoms with Crippen molar-refractivity contribution in [2.24, 2.45) is 4.99 Å². The van der Waals surface area contributed by atoms with Gasteiger partial charge in [0.2, 0.25) is 10.0 Å². The number of nitrogens with zero attached hydrogens (tertiary/aromatic N) is 3. The summed E-state index contributed by atoms with van der Waals surface area (Å²) in [6.45, 7) is 5.81. The van der Waals surface area contributed by atoms with Gasteiger partial charge in [0.25, 0.3) is 5.56 Å². The molecule has 1 N–H and O–H groups in total. The van der Waals surface area contributed by atoms with Gasteiger partial charge in [-0.05, 0) is 43.7 Å². The van der Waals surface area contributed by atoms with Gasteiger partial charge in [-0.1, -0.05) is 31.5 Å². The van der Waals surface area contributed by atoms with Crippen LogP contribution >= 0.6 is 0 Å². The third kappa shape index (κ3) is 5.55. The zero-order valence-electron chi connectivity index (χ0n) is 19.9. The molecule has 0 unspecified atom stereocenters. The first-order chi connectivity index (χ1) is 16.9. The van der Waals surface area contributed by atoms with E-state index in [-0.39, 0.29) is 10.5 Å². The number of rotatable bonds is 9. The summed E-state index contributed by atoms with van der Waals surface area (Å²) >= 11 is 0. The van der Waals surface area contributed by atoms with E-state index in [9.17, 15) is 13.2 Å². The van der Waals surface area contributed by atoms with Crippen LogP contribution in [0.2, 0.25) is 0 Å². The van der Waals surface area contributed by atoms with Crippen molar-refractivity contribution in [2.75, 3.05) is 32.9 Å². The topological polar surface area (TPSA) is 106 Å². The summed E-state index contributed by atoms with van der Waals surface area (Å²) in [4.78, 5) is 17.8. The van der Waals surface area contributed by atoms with Gasteiger partial charge in [-0.15, -0.1) is 0 Å². The van der Waals surface area contributed by atoms with Crippen LogP contribution in [0, 0.1) is 6.92 Å². The van der Waals surface area contributed by atoms with Gasteiger partial charge in [0.15, 0.2) is 0 Å². The van der Waals surface area contributed by atoms with E-state index in [0.717, 1.165) is 12.8 Å². The molecule has 4 rings (SSSR count). The lowest BCUT2D eigenvalue weighted by molar-refractivity contribution is 0.0730. The monoisotopic (exact) mass is 498 g/mol. The highest BCUT2D eigenvalue weighted by molar-refractivity contribution is 7.89. The number of para-hydroxylation sites is 2. The highest BCUT2D eigenvalue weighted by Gasteiger charge is 2.26. The van der Waals surface area contributed by atoms with Gasteiger partial charge in [-0.2, -0.15) is 4.31 Å². The number of aromatic nitrogens is 2. The van der Waals surface area contributed by atoms with Gasteiger partial charge in [-0.25, -0.2) is 13.1 Å². The van der Waals surface area contributed by atoms with Gasteiger partial charge >= 0.3 is 0 Å². The molecule has 0 spiro atoms. The molecule has 1 aliphatic rings. The minimum Gasteiger partial charge on any atom is -0.491 e. The Morgan fingerprint density at radius 1 is 1.14 bits per heavy atom. The summed E-state index contributed by atoms with van der Waals surface area (Å²) < 4.78 is 39.9.